The number of hydrogen-bond donors (Lipinski definition) is 1. The number of nitriles is 1. The molecule has 0 radical (unpaired) electrons. The highest BCUT2D eigenvalue weighted by Crippen LogP contribution is 2.25. The van der Waals surface area contributed by atoms with Crippen molar-refractivity contribution in [1.29, 1.82) is 5.26 Å². The van der Waals surface area contributed by atoms with Gasteiger partial charge in [-0.15, -0.1) is 0 Å². The van der Waals surface area contributed by atoms with Crippen molar-refractivity contribution in [3.05, 3.63) is 23.8 Å². The van der Waals surface area contributed by atoms with E-state index in [9.17, 15) is 17.2 Å². The summed E-state index contributed by atoms with van der Waals surface area (Å²) >= 11 is 0. The van der Waals surface area contributed by atoms with E-state index in [1.807, 2.05) is 6.07 Å². The van der Waals surface area contributed by atoms with E-state index in [4.69, 9.17) is 15.1 Å². The zero-order valence-corrected chi connectivity index (χ0v) is 10.7. The summed E-state index contributed by atoms with van der Waals surface area (Å²) in [6, 6.07) is 3.79. The number of ether oxygens (including phenoxy) is 1. The molecule has 0 aromatic heterocycles. The summed E-state index contributed by atoms with van der Waals surface area (Å²) in [5.74, 6) is -3.34. The maximum Gasteiger partial charge on any atom is 0.241 e. The van der Waals surface area contributed by atoms with Crippen molar-refractivity contribution in [3.8, 4) is 11.8 Å². The van der Waals surface area contributed by atoms with Crippen molar-refractivity contribution in [2.24, 2.45) is 5.14 Å². The molecule has 0 aliphatic rings. The highest BCUT2D eigenvalue weighted by atomic mass is 32.2. The maximum atomic E-state index is 13.5. The fourth-order valence-corrected chi connectivity index (χ4v) is 1.93. The molecule has 0 aliphatic heterocycles. The Hall–Kier alpha value is -1.72. The smallest absolute Gasteiger partial charge is 0.241 e. The van der Waals surface area contributed by atoms with Crippen LogP contribution in [0.15, 0.2) is 17.0 Å². The predicted molar refractivity (Wildman–Crippen MR) is 62.7 cm³/mol. The van der Waals surface area contributed by atoms with E-state index >= 15 is 0 Å². The minimum Gasteiger partial charge on any atom is -0.490 e. The van der Waals surface area contributed by atoms with E-state index in [0.717, 1.165) is 12.1 Å². The minimum absolute atomic E-state index is 0.104. The molecule has 0 spiro atoms. The SMILES string of the molecule is N#CCCCCOc1ccc(S(N)(=O)=O)c(F)c1F. The second-order valence-electron chi connectivity index (χ2n) is 3.70. The molecule has 0 fully saturated rings. The van der Waals surface area contributed by atoms with Gasteiger partial charge in [-0.2, -0.15) is 9.65 Å². The van der Waals surface area contributed by atoms with Crippen LogP contribution in [0.3, 0.4) is 0 Å². The van der Waals surface area contributed by atoms with Crippen molar-refractivity contribution in [2.75, 3.05) is 6.61 Å². The molecule has 0 bridgehead atoms. The molecule has 2 N–H and O–H groups in total. The van der Waals surface area contributed by atoms with Gasteiger partial charge in [-0.25, -0.2) is 17.9 Å². The lowest BCUT2D eigenvalue weighted by atomic mass is 10.2. The normalized spacial score (nSPS) is 11.1. The van der Waals surface area contributed by atoms with Gasteiger partial charge in [0, 0.05) is 6.42 Å². The summed E-state index contributed by atoms with van der Waals surface area (Å²) in [5, 5.41) is 13.0. The van der Waals surface area contributed by atoms with Crippen LogP contribution < -0.4 is 9.88 Å². The molecule has 1 rings (SSSR count). The summed E-state index contributed by atoms with van der Waals surface area (Å²) in [7, 11) is -4.31. The molecule has 0 atom stereocenters. The highest BCUT2D eigenvalue weighted by Gasteiger charge is 2.21. The number of unbranched alkanes of at least 4 members (excludes halogenated alkanes) is 2. The summed E-state index contributed by atoms with van der Waals surface area (Å²) in [5.41, 5.74) is 0. The van der Waals surface area contributed by atoms with Gasteiger partial charge in [-0.3, -0.25) is 0 Å². The fourth-order valence-electron chi connectivity index (χ4n) is 1.33. The topological polar surface area (TPSA) is 93.2 Å². The van der Waals surface area contributed by atoms with Gasteiger partial charge in [0.2, 0.25) is 15.8 Å². The second kappa shape index (κ2) is 6.45. The van der Waals surface area contributed by atoms with Crippen molar-refractivity contribution >= 4 is 10.0 Å². The Balaban J connectivity index is 2.78. The van der Waals surface area contributed by atoms with Gasteiger partial charge in [0.05, 0.1) is 12.7 Å². The van der Waals surface area contributed by atoms with E-state index < -0.39 is 26.6 Å². The van der Waals surface area contributed by atoms with Crippen LogP contribution in [0.2, 0.25) is 0 Å². The zero-order chi connectivity index (χ0) is 14.5. The van der Waals surface area contributed by atoms with E-state index in [1.165, 1.54) is 0 Å². The Kier molecular flexibility index (Phi) is 5.20. The van der Waals surface area contributed by atoms with Crippen LogP contribution in [0.5, 0.6) is 5.75 Å². The molecular formula is C11H12F2N2O3S. The van der Waals surface area contributed by atoms with Crippen LogP contribution in [-0.2, 0) is 10.0 Å². The second-order valence-corrected chi connectivity index (χ2v) is 5.23. The zero-order valence-electron chi connectivity index (χ0n) is 9.90. The van der Waals surface area contributed by atoms with Gasteiger partial charge < -0.3 is 4.74 Å². The van der Waals surface area contributed by atoms with Crippen LogP contribution in [0.25, 0.3) is 0 Å². The lowest BCUT2D eigenvalue weighted by molar-refractivity contribution is 0.286. The van der Waals surface area contributed by atoms with Crippen molar-refractivity contribution in [2.45, 2.75) is 24.2 Å². The summed E-state index contributed by atoms with van der Waals surface area (Å²) in [6.07, 6.45) is 1.44. The van der Waals surface area contributed by atoms with Gasteiger partial charge in [0.1, 0.15) is 4.90 Å². The molecule has 8 heteroatoms. The third-order valence-electron chi connectivity index (χ3n) is 2.26. The standard InChI is InChI=1S/C11H12F2N2O3S/c12-10-8(18-7-3-1-2-6-14)4-5-9(11(10)13)19(15,16)17/h4-5H,1-3,7H2,(H2,15,16,17). The summed E-state index contributed by atoms with van der Waals surface area (Å²) in [4.78, 5) is -0.915. The number of nitrogens with zero attached hydrogens (tertiary/aromatic N) is 1. The quantitative estimate of drug-likeness (QED) is 0.807. The Bertz CT molecular complexity index is 597. The first-order chi connectivity index (χ1) is 8.88. The first kappa shape index (κ1) is 15.3. The van der Waals surface area contributed by atoms with Crippen LogP contribution in [0.4, 0.5) is 8.78 Å². The van der Waals surface area contributed by atoms with Gasteiger partial charge >= 0.3 is 0 Å². The van der Waals surface area contributed by atoms with Crippen molar-refractivity contribution < 1.29 is 21.9 Å². The van der Waals surface area contributed by atoms with E-state index in [1.54, 1.807) is 0 Å². The summed E-state index contributed by atoms with van der Waals surface area (Å²) < 4.78 is 53.8. The number of primary sulfonamides is 1. The number of hydrogen-bond acceptors (Lipinski definition) is 4. The monoisotopic (exact) mass is 290 g/mol. The summed E-state index contributed by atoms with van der Waals surface area (Å²) in [6.45, 7) is 0.104. The minimum atomic E-state index is -4.31. The molecule has 0 amide bonds. The average molecular weight is 290 g/mol. The van der Waals surface area contributed by atoms with Crippen molar-refractivity contribution in [3.63, 3.8) is 0 Å². The molecule has 0 heterocycles. The first-order valence-corrected chi connectivity index (χ1v) is 6.93. The Labute approximate surface area is 109 Å². The molecule has 1 aromatic carbocycles. The fraction of sp³-hybridized carbons (Fsp3) is 0.364. The number of sulfonamides is 1. The van der Waals surface area contributed by atoms with Crippen LogP contribution in [0, 0.1) is 23.0 Å². The lowest BCUT2D eigenvalue weighted by Gasteiger charge is -2.08. The molecule has 1 aromatic rings. The molecule has 0 saturated carbocycles. The molecule has 0 saturated heterocycles. The molecular weight excluding hydrogens is 278 g/mol. The molecule has 104 valence electrons. The number of nitrogens with two attached hydrogens (primary N) is 1. The van der Waals surface area contributed by atoms with Gasteiger partial charge in [-0.1, -0.05) is 0 Å². The highest BCUT2D eigenvalue weighted by molar-refractivity contribution is 7.89. The molecule has 5 nitrogen and oxygen atoms in total. The lowest BCUT2D eigenvalue weighted by Crippen LogP contribution is -2.15. The Morgan fingerprint density at radius 1 is 1.26 bits per heavy atom. The van der Waals surface area contributed by atoms with Crippen molar-refractivity contribution in [1.82, 2.24) is 0 Å². The van der Waals surface area contributed by atoms with Crippen LogP contribution in [-0.4, -0.2) is 15.0 Å². The third-order valence-corrected chi connectivity index (χ3v) is 3.19. The predicted octanol–water partition coefficient (Wildman–Crippen LogP) is 1.68. The van der Waals surface area contributed by atoms with Gasteiger partial charge in [-0.05, 0) is 25.0 Å². The number of rotatable bonds is 6. The molecule has 0 aliphatic carbocycles. The molecule has 0 unspecified atom stereocenters. The van der Waals surface area contributed by atoms with E-state index in [2.05, 4.69) is 0 Å². The van der Waals surface area contributed by atoms with Gasteiger partial charge in [0.25, 0.3) is 0 Å². The van der Waals surface area contributed by atoms with Crippen LogP contribution >= 0.6 is 0 Å². The van der Waals surface area contributed by atoms with Gasteiger partial charge in [0.15, 0.2) is 11.6 Å². The average Bonchev–Trinajstić information content (AvgIpc) is 2.32. The molecule has 19 heavy (non-hydrogen) atoms. The Morgan fingerprint density at radius 3 is 2.53 bits per heavy atom. The largest absolute Gasteiger partial charge is 0.490 e. The number of benzene rings is 1. The maximum absolute atomic E-state index is 13.5. The Morgan fingerprint density at radius 2 is 1.95 bits per heavy atom. The van der Waals surface area contributed by atoms with Crippen LogP contribution in [0.1, 0.15) is 19.3 Å². The van der Waals surface area contributed by atoms with E-state index in [-0.39, 0.29) is 12.4 Å². The number of halogens is 2. The third kappa shape index (κ3) is 4.15. The van der Waals surface area contributed by atoms with E-state index in [0.29, 0.717) is 19.3 Å². The first-order valence-electron chi connectivity index (χ1n) is 5.38.